The molecule has 2 heterocycles. The predicted octanol–water partition coefficient (Wildman–Crippen LogP) is -0.723. The molecule has 0 spiro atoms. The van der Waals surface area contributed by atoms with Crippen LogP contribution in [-0.4, -0.2) is 49.0 Å². The first-order valence-electron chi connectivity index (χ1n) is 5.53. The smallest absolute Gasteiger partial charge is 0.244 e. The van der Waals surface area contributed by atoms with Gasteiger partial charge in [-0.05, 0) is 12.8 Å². The van der Waals surface area contributed by atoms with Crippen LogP contribution in [0.15, 0.2) is 0 Å². The number of sulfone groups is 1. The fourth-order valence-electron chi connectivity index (χ4n) is 1.93. The minimum atomic E-state index is -3.08. The summed E-state index contributed by atoms with van der Waals surface area (Å²) in [5, 5.41) is 6.68. The monoisotopic (exact) mass is 259 g/mol. The highest BCUT2D eigenvalue weighted by Crippen LogP contribution is 2.15. The summed E-state index contributed by atoms with van der Waals surface area (Å²) in [5.41, 5.74) is 5.87. The van der Waals surface area contributed by atoms with E-state index in [0.717, 1.165) is 25.9 Å². The molecule has 0 aliphatic carbocycles. The number of H-pyrrole nitrogens is 1. The number of rotatable bonds is 3. The Morgan fingerprint density at radius 3 is 3.00 bits per heavy atom. The molecular formula is C9H17N5O2S. The van der Waals surface area contributed by atoms with E-state index >= 15 is 0 Å². The van der Waals surface area contributed by atoms with Crippen molar-refractivity contribution in [1.29, 1.82) is 0 Å². The van der Waals surface area contributed by atoms with Crippen LogP contribution < -0.4 is 10.6 Å². The molecule has 1 aliphatic rings. The minimum Gasteiger partial charge on any atom is -0.338 e. The Bertz CT molecular complexity index is 483. The van der Waals surface area contributed by atoms with E-state index in [-0.39, 0.29) is 11.8 Å². The minimum absolute atomic E-state index is 0.111. The van der Waals surface area contributed by atoms with Crippen LogP contribution in [0.25, 0.3) is 0 Å². The summed E-state index contributed by atoms with van der Waals surface area (Å²) in [6.07, 6.45) is 3.19. The second-order valence-electron chi connectivity index (χ2n) is 4.50. The Hall–Kier alpha value is -1.15. The molecule has 1 fully saturated rings. The normalized spacial score (nSPS) is 21.8. The lowest BCUT2D eigenvalue weighted by atomic mass is 10.1. The standard InChI is InChI=1S/C9H17N5O2S/c1-17(15,16)6-8-11-9(13-12-8)14-4-2-3-7(10)5-14/h7H,2-6,10H2,1H3,(H,11,12,13). The summed E-state index contributed by atoms with van der Waals surface area (Å²) < 4.78 is 22.2. The van der Waals surface area contributed by atoms with E-state index < -0.39 is 9.84 Å². The number of hydrogen-bond donors (Lipinski definition) is 2. The lowest BCUT2D eigenvalue weighted by Crippen LogP contribution is -2.43. The third-order valence-electron chi connectivity index (χ3n) is 2.66. The molecule has 3 N–H and O–H groups in total. The Labute approximate surface area is 100 Å². The quantitative estimate of drug-likeness (QED) is 0.742. The number of nitrogens with one attached hydrogen (secondary N) is 1. The predicted molar refractivity (Wildman–Crippen MR) is 64.4 cm³/mol. The zero-order valence-electron chi connectivity index (χ0n) is 9.76. The van der Waals surface area contributed by atoms with E-state index in [9.17, 15) is 8.42 Å². The maximum absolute atomic E-state index is 11.1. The van der Waals surface area contributed by atoms with Crippen LogP contribution >= 0.6 is 0 Å². The molecule has 0 bridgehead atoms. The van der Waals surface area contributed by atoms with Crippen LogP contribution in [0.1, 0.15) is 18.7 Å². The van der Waals surface area contributed by atoms with Crippen molar-refractivity contribution in [3.05, 3.63) is 5.82 Å². The molecule has 96 valence electrons. The molecule has 0 amide bonds. The molecule has 0 radical (unpaired) electrons. The Morgan fingerprint density at radius 2 is 2.35 bits per heavy atom. The summed E-state index contributed by atoms with van der Waals surface area (Å²) in [6, 6.07) is 0.139. The average molecular weight is 259 g/mol. The summed E-state index contributed by atoms with van der Waals surface area (Å²) >= 11 is 0. The lowest BCUT2D eigenvalue weighted by molar-refractivity contribution is 0.500. The van der Waals surface area contributed by atoms with Gasteiger partial charge in [-0.2, -0.15) is 4.98 Å². The van der Waals surface area contributed by atoms with Gasteiger partial charge in [0.2, 0.25) is 5.95 Å². The summed E-state index contributed by atoms with van der Waals surface area (Å²) in [5.74, 6) is 0.806. The van der Waals surface area contributed by atoms with E-state index in [4.69, 9.17) is 5.73 Å². The molecule has 1 aliphatic heterocycles. The van der Waals surface area contributed by atoms with Gasteiger partial charge in [-0.25, -0.2) is 8.42 Å². The number of nitrogens with zero attached hydrogens (tertiary/aromatic N) is 3. The maximum atomic E-state index is 11.1. The highest BCUT2D eigenvalue weighted by molar-refractivity contribution is 7.89. The molecule has 7 nitrogen and oxygen atoms in total. The van der Waals surface area contributed by atoms with Crippen LogP contribution in [0.5, 0.6) is 0 Å². The number of hydrogen-bond acceptors (Lipinski definition) is 6. The molecule has 1 aromatic rings. The molecule has 1 atom stereocenters. The van der Waals surface area contributed by atoms with Crippen molar-refractivity contribution < 1.29 is 8.42 Å². The van der Waals surface area contributed by atoms with E-state index in [1.54, 1.807) is 0 Å². The SMILES string of the molecule is CS(=O)(=O)Cc1nc(N2CCCC(N)C2)n[nH]1. The van der Waals surface area contributed by atoms with Crippen molar-refractivity contribution in [2.24, 2.45) is 5.73 Å². The Balaban J connectivity index is 2.07. The van der Waals surface area contributed by atoms with Crippen molar-refractivity contribution >= 4 is 15.8 Å². The second-order valence-corrected chi connectivity index (χ2v) is 6.64. The number of aromatic nitrogens is 3. The third kappa shape index (κ3) is 3.40. The van der Waals surface area contributed by atoms with Crippen molar-refractivity contribution in [2.75, 3.05) is 24.2 Å². The van der Waals surface area contributed by atoms with Crippen molar-refractivity contribution in [3.8, 4) is 0 Å². The first kappa shape index (κ1) is 12.3. The van der Waals surface area contributed by atoms with Gasteiger partial charge in [0.05, 0.1) is 0 Å². The Morgan fingerprint density at radius 1 is 1.59 bits per heavy atom. The van der Waals surface area contributed by atoms with Gasteiger partial charge in [-0.1, -0.05) is 0 Å². The fourth-order valence-corrected chi connectivity index (χ4v) is 2.56. The fraction of sp³-hybridized carbons (Fsp3) is 0.778. The highest BCUT2D eigenvalue weighted by atomic mass is 32.2. The van der Waals surface area contributed by atoms with Gasteiger partial charge in [0.25, 0.3) is 0 Å². The van der Waals surface area contributed by atoms with Gasteiger partial charge in [-0.3, -0.25) is 5.10 Å². The molecule has 2 rings (SSSR count). The first-order chi connectivity index (χ1) is 7.94. The van der Waals surface area contributed by atoms with Crippen LogP contribution in [0.4, 0.5) is 5.95 Å². The largest absolute Gasteiger partial charge is 0.338 e. The van der Waals surface area contributed by atoms with Gasteiger partial charge < -0.3 is 10.6 Å². The van der Waals surface area contributed by atoms with Crippen LogP contribution in [0.2, 0.25) is 0 Å². The van der Waals surface area contributed by atoms with Crippen LogP contribution in [0, 0.1) is 0 Å². The van der Waals surface area contributed by atoms with Gasteiger partial charge in [0.15, 0.2) is 9.84 Å². The van der Waals surface area contributed by atoms with Crippen molar-refractivity contribution in [1.82, 2.24) is 15.2 Å². The molecule has 1 saturated heterocycles. The topological polar surface area (TPSA) is 105 Å². The Kier molecular flexibility index (Phi) is 3.34. The molecule has 0 saturated carbocycles. The molecule has 1 aromatic heterocycles. The molecular weight excluding hydrogens is 242 g/mol. The maximum Gasteiger partial charge on any atom is 0.244 e. The molecule has 0 aromatic carbocycles. The van der Waals surface area contributed by atoms with Gasteiger partial charge in [-0.15, -0.1) is 5.10 Å². The number of nitrogens with two attached hydrogens (primary N) is 1. The molecule has 17 heavy (non-hydrogen) atoms. The first-order valence-corrected chi connectivity index (χ1v) is 7.59. The van der Waals surface area contributed by atoms with Gasteiger partial charge in [0.1, 0.15) is 11.6 Å². The lowest BCUT2D eigenvalue weighted by Gasteiger charge is -2.29. The summed E-state index contributed by atoms with van der Waals surface area (Å²) in [7, 11) is -3.08. The van der Waals surface area contributed by atoms with E-state index in [2.05, 4.69) is 15.2 Å². The van der Waals surface area contributed by atoms with Crippen LogP contribution in [0.3, 0.4) is 0 Å². The zero-order chi connectivity index (χ0) is 12.5. The van der Waals surface area contributed by atoms with Gasteiger partial charge >= 0.3 is 0 Å². The van der Waals surface area contributed by atoms with E-state index in [1.165, 1.54) is 6.26 Å². The molecule has 8 heteroatoms. The average Bonchev–Trinajstić information content (AvgIpc) is 2.63. The third-order valence-corrected chi connectivity index (χ3v) is 3.46. The van der Waals surface area contributed by atoms with Gasteiger partial charge in [0, 0.05) is 25.4 Å². The number of anilines is 1. The van der Waals surface area contributed by atoms with E-state index in [1.807, 2.05) is 4.90 Å². The number of piperidine rings is 1. The highest BCUT2D eigenvalue weighted by Gasteiger charge is 2.20. The van der Waals surface area contributed by atoms with Crippen LogP contribution in [-0.2, 0) is 15.6 Å². The zero-order valence-corrected chi connectivity index (χ0v) is 10.6. The summed E-state index contributed by atoms with van der Waals surface area (Å²) in [6.45, 7) is 1.58. The number of aromatic amines is 1. The van der Waals surface area contributed by atoms with Crippen molar-refractivity contribution in [3.63, 3.8) is 0 Å². The second kappa shape index (κ2) is 4.61. The van der Waals surface area contributed by atoms with E-state index in [0.29, 0.717) is 11.8 Å². The van der Waals surface area contributed by atoms with Crippen molar-refractivity contribution in [2.45, 2.75) is 24.6 Å². The summed E-state index contributed by atoms with van der Waals surface area (Å²) in [4.78, 5) is 6.16. The molecule has 1 unspecified atom stereocenters.